The molecule has 0 aliphatic heterocycles. The van der Waals surface area contributed by atoms with Gasteiger partial charge < -0.3 is 19.7 Å². The molecule has 25 heavy (non-hydrogen) atoms. The summed E-state index contributed by atoms with van der Waals surface area (Å²) in [6.45, 7) is 2.02. The smallest absolute Gasteiger partial charge is 0.342 e. The summed E-state index contributed by atoms with van der Waals surface area (Å²) in [6.07, 6.45) is 3.09. The number of methoxy groups -OCH3 is 2. The molecule has 0 aliphatic carbocycles. The molecule has 8 nitrogen and oxygen atoms in total. The van der Waals surface area contributed by atoms with Crippen LogP contribution in [0.1, 0.15) is 24.7 Å². The number of phenolic OH excluding ortho intramolecular Hbond substituents is 1. The number of ether oxygens (including phenoxy) is 2. The normalized spacial score (nSPS) is 11.4. The van der Waals surface area contributed by atoms with Crippen LogP contribution in [-0.2, 0) is 11.2 Å². The zero-order chi connectivity index (χ0) is 18.4. The van der Waals surface area contributed by atoms with Gasteiger partial charge in [0.1, 0.15) is 10.7 Å². The summed E-state index contributed by atoms with van der Waals surface area (Å²) in [5.74, 6) is -0.183. The average Bonchev–Trinajstić information content (AvgIpc) is 3.03. The van der Waals surface area contributed by atoms with Crippen LogP contribution in [0, 0.1) is 0 Å². The summed E-state index contributed by atoms with van der Waals surface area (Å²) in [5, 5.41) is 26.5. The number of hydrogen-bond acceptors (Lipinski definition) is 7. The molecule has 0 fully saturated rings. The Bertz CT molecular complexity index is 763. The zero-order valence-corrected chi connectivity index (χ0v) is 14.9. The number of thioether (sulfide) groups is 1. The fraction of sp³-hybridized carbons (Fsp3) is 0.312. The Labute approximate surface area is 148 Å². The number of phenols is 1. The number of aliphatic carboxylic acids is 1. The van der Waals surface area contributed by atoms with Crippen LogP contribution in [0.5, 0.6) is 17.2 Å². The molecule has 0 atom stereocenters. The van der Waals surface area contributed by atoms with E-state index in [0.717, 1.165) is 24.6 Å². The van der Waals surface area contributed by atoms with Crippen molar-refractivity contribution < 1.29 is 24.5 Å². The van der Waals surface area contributed by atoms with Gasteiger partial charge in [-0.15, -0.1) is 5.10 Å². The van der Waals surface area contributed by atoms with Crippen molar-refractivity contribution in [3.05, 3.63) is 28.4 Å². The summed E-state index contributed by atoms with van der Waals surface area (Å²) < 4.78 is 10.2. The first-order chi connectivity index (χ1) is 12.0. The highest BCUT2D eigenvalue weighted by Crippen LogP contribution is 2.38. The molecule has 0 saturated carbocycles. The molecule has 3 N–H and O–H groups in total. The highest BCUT2D eigenvalue weighted by Gasteiger charge is 2.16. The van der Waals surface area contributed by atoms with Gasteiger partial charge in [0.05, 0.1) is 14.2 Å². The average molecular weight is 365 g/mol. The van der Waals surface area contributed by atoms with Crippen LogP contribution in [0.25, 0.3) is 6.08 Å². The first kappa shape index (κ1) is 18.7. The second-order valence-corrected chi connectivity index (χ2v) is 6.01. The second kappa shape index (κ2) is 8.43. The van der Waals surface area contributed by atoms with Crippen LogP contribution in [0.4, 0.5) is 0 Å². The third-order valence-corrected chi connectivity index (χ3v) is 4.09. The molecule has 0 unspecified atom stereocenters. The Kier molecular flexibility index (Phi) is 6.29. The van der Waals surface area contributed by atoms with E-state index in [1.165, 1.54) is 32.4 Å². The van der Waals surface area contributed by atoms with Gasteiger partial charge in [-0.1, -0.05) is 6.92 Å². The molecule has 0 saturated heterocycles. The van der Waals surface area contributed by atoms with Gasteiger partial charge in [0.2, 0.25) is 10.9 Å². The monoisotopic (exact) mass is 365 g/mol. The Balaban J connectivity index is 2.34. The molecule has 2 rings (SSSR count). The molecule has 1 heterocycles. The van der Waals surface area contributed by atoms with Gasteiger partial charge in [0, 0.05) is 6.42 Å². The van der Waals surface area contributed by atoms with E-state index in [-0.39, 0.29) is 22.2 Å². The standard InChI is InChI=1S/C16H19N3O5S/c1-4-5-13-17-16(19-18-13)25-12(15(21)22)8-9-6-10(23-2)14(20)11(7-9)24-3/h6-8,20H,4-5H2,1-3H3,(H,21,22)(H,17,18,19)/b12-8-. The summed E-state index contributed by atoms with van der Waals surface area (Å²) >= 11 is 0.933. The Morgan fingerprint density at radius 3 is 2.48 bits per heavy atom. The lowest BCUT2D eigenvalue weighted by Gasteiger charge is -2.10. The summed E-state index contributed by atoms with van der Waals surface area (Å²) in [5.41, 5.74) is 0.501. The van der Waals surface area contributed by atoms with Crippen molar-refractivity contribution in [3.63, 3.8) is 0 Å². The van der Waals surface area contributed by atoms with E-state index in [1.807, 2.05) is 6.92 Å². The largest absolute Gasteiger partial charge is 0.502 e. The number of rotatable bonds is 8. The number of H-pyrrole nitrogens is 1. The molecular formula is C16H19N3O5S. The number of carbonyl (C=O) groups is 1. The van der Waals surface area contributed by atoms with Gasteiger partial charge in [-0.3, -0.25) is 5.10 Å². The van der Waals surface area contributed by atoms with Crippen LogP contribution in [-0.4, -0.2) is 45.6 Å². The first-order valence-electron chi connectivity index (χ1n) is 7.47. The number of carboxylic acids is 1. The SMILES string of the molecule is CCCc1nc(S/C(=C\c2cc(OC)c(O)c(OC)c2)C(=O)O)n[nH]1. The van der Waals surface area contributed by atoms with E-state index in [0.29, 0.717) is 16.5 Å². The molecule has 0 amide bonds. The van der Waals surface area contributed by atoms with Crippen molar-refractivity contribution in [2.24, 2.45) is 0 Å². The molecule has 1 aromatic carbocycles. The van der Waals surface area contributed by atoms with Gasteiger partial charge in [0.15, 0.2) is 11.5 Å². The van der Waals surface area contributed by atoms with E-state index < -0.39 is 5.97 Å². The molecular weight excluding hydrogens is 346 g/mol. The number of aryl methyl sites for hydroxylation is 1. The lowest BCUT2D eigenvalue weighted by Crippen LogP contribution is -1.98. The molecule has 0 radical (unpaired) electrons. The summed E-state index contributed by atoms with van der Waals surface area (Å²) in [7, 11) is 2.80. The highest BCUT2D eigenvalue weighted by atomic mass is 32.2. The van der Waals surface area contributed by atoms with Crippen molar-refractivity contribution in [3.8, 4) is 17.2 Å². The number of nitrogens with one attached hydrogen (secondary N) is 1. The fourth-order valence-corrected chi connectivity index (χ4v) is 2.78. The number of nitrogens with zero attached hydrogens (tertiary/aromatic N) is 2. The van der Waals surface area contributed by atoms with Crippen molar-refractivity contribution >= 4 is 23.8 Å². The van der Waals surface area contributed by atoms with E-state index in [9.17, 15) is 15.0 Å². The van der Waals surface area contributed by atoms with E-state index >= 15 is 0 Å². The molecule has 9 heteroatoms. The van der Waals surface area contributed by atoms with Crippen LogP contribution >= 0.6 is 11.8 Å². The Morgan fingerprint density at radius 1 is 1.32 bits per heavy atom. The quantitative estimate of drug-likeness (QED) is 0.483. The lowest BCUT2D eigenvalue weighted by atomic mass is 10.1. The number of aromatic hydroxyl groups is 1. The number of carboxylic acid groups (broad SMARTS) is 1. The zero-order valence-electron chi connectivity index (χ0n) is 14.1. The van der Waals surface area contributed by atoms with Crippen molar-refractivity contribution in [1.29, 1.82) is 0 Å². The lowest BCUT2D eigenvalue weighted by molar-refractivity contribution is -0.131. The summed E-state index contributed by atoms with van der Waals surface area (Å²) in [6, 6.07) is 3.03. The molecule has 2 aromatic rings. The van der Waals surface area contributed by atoms with Crippen molar-refractivity contribution in [1.82, 2.24) is 15.2 Å². The van der Waals surface area contributed by atoms with Crippen LogP contribution in [0.3, 0.4) is 0 Å². The van der Waals surface area contributed by atoms with E-state index in [1.54, 1.807) is 0 Å². The maximum absolute atomic E-state index is 11.5. The van der Waals surface area contributed by atoms with Gasteiger partial charge in [-0.2, -0.15) is 0 Å². The number of benzene rings is 1. The molecule has 0 aliphatic rings. The topological polar surface area (TPSA) is 118 Å². The minimum absolute atomic E-state index is 0.0249. The number of aromatic amines is 1. The van der Waals surface area contributed by atoms with E-state index in [4.69, 9.17) is 9.47 Å². The maximum Gasteiger partial charge on any atom is 0.342 e. The van der Waals surface area contributed by atoms with E-state index in [2.05, 4.69) is 15.2 Å². The van der Waals surface area contributed by atoms with Crippen LogP contribution < -0.4 is 9.47 Å². The van der Waals surface area contributed by atoms with Crippen LogP contribution in [0.15, 0.2) is 22.2 Å². The molecule has 1 aromatic heterocycles. The minimum atomic E-state index is -1.11. The van der Waals surface area contributed by atoms with Crippen LogP contribution in [0.2, 0.25) is 0 Å². The third-order valence-electron chi connectivity index (χ3n) is 3.21. The molecule has 134 valence electrons. The fourth-order valence-electron chi connectivity index (χ4n) is 2.05. The van der Waals surface area contributed by atoms with Gasteiger partial charge in [-0.05, 0) is 42.0 Å². The van der Waals surface area contributed by atoms with Gasteiger partial charge >= 0.3 is 5.97 Å². The van der Waals surface area contributed by atoms with Crippen molar-refractivity contribution in [2.45, 2.75) is 24.9 Å². The third kappa shape index (κ3) is 4.66. The Morgan fingerprint density at radius 2 is 1.96 bits per heavy atom. The molecule has 0 spiro atoms. The molecule has 0 bridgehead atoms. The number of aromatic nitrogens is 3. The predicted molar refractivity (Wildman–Crippen MR) is 93.1 cm³/mol. The van der Waals surface area contributed by atoms with Gasteiger partial charge in [0.25, 0.3) is 0 Å². The Hall–Kier alpha value is -2.68. The van der Waals surface area contributed by atoms with Gasteiger partial charge in [-0.25, -0.2) is 9.78 Å². The minimum Gasteiger partial charge on any atom is -0.502 e. The summed E-state index contributed by atoms with van der Waals surface area (Å²) in [4.78, 5) is 15.8. The first-order valence-corrected chi connectivity index (χ1v) is 8.29. The second-order valence-electron chi connectivity index (χ2n) is 5.00. The maximum atomic E-state index is 11.5. The number of hydrogen-bond donors (Lipinski definition) is 3. The predicted octanol–water partition coefficient (Wildman–Crippen LogP) is 2.70. The highest BCUT2D eigenvalue weighted by molar-refractivity contribution is 8.04. The van der Waals surface area contributed by atoms with Crippen molar-refractivity contribution in [2.75, 3.05) is 14.2 Å².